The number of aliphatic carboxylic acids is 1. The summed E-state index contributed by atoms with van der Waals surface area (Å²) < 4.78 is 0. The van der Waals surface area contributed by atoms with E-state index in [9.17, 15) is 9.59 Å². The highest BCUT2D eigenvalue weighted by Crippen LogP contribution is 2.38. The van der Waals surface area contributed by atoms with Crippen molar-refractivity contribution >= 4 is 23.6 Å². The topological polar surface area (TPSA) is 57.6 Å². The molecule has 2 aliphatic rings. The number of amides is 1. The number of hydrogen-bond acceptors (Lipinski definition) is 3. The fraction of sp³-hybridized carbons (Fsp3) is 0.467. The standard InChI is InChI=1S/C15H17NO3S/c1-9(15(18)19)11-7-16(8-11)14(17)13-6-10-4-2-3-5-12(10)20-13/h2-5,9,11,13H,6-8H2,1H3,(H,18,19). The third kappa shape index (κ3) is 2.30. The largest absolute Gasteiger partial charge is 0.481 e. The van der Waals surface area contributed by atoms with E-state index in [1.807, 2.05) is 12.1 Å². The third-order valence-corrected chi connectivity index (χ3v) is 5.55. The minimum Gasteiger partial charge on any atom is -0.481 e. The van der Waals surface area contributed by atoms with Crippen LogP contribution < -0.4 is 0 Å². The van der Waals surface area contributed by atoms with Crippen LogP contribution in [-0.4, -0.2) is 40.2 Å². The molecule has 2 heterocycles. The number of hydrogen-bond donors (Lipinski definition) is 1. The van der Waals surface area contributed by atoms with Crippen molar-refractivity contribution in [1.29, 1.82) is 0 Å². The molecule has 3 rings (SSSR count). The lowest BCUT2D eigenvalue weighted by Gasteiger charge is -2.42. The maximum atomic E-state index is 12.4. The Morgan fingerprint density at radius 2 is 2.05 bits per heavy atom. The van der Waals surface area contributed by atoms with E-state index in [0.717, 1.165) is 6.42 Å². The molecule has 0 bridgehead atoms. The van der Waals surface area contributed by atoms with Crippen LogP contribution in [0.4, 0.5) is 0 Å². The Balaban J connectivity index is 1.57. The van der Waals surface area contributed by atoms with E-state index < -0.39 is 5.97 Å². The van der Waals surface area contributed by atoms with E-state index in [-0.39, 0.29) is 23.0 Å². The number of thioether (sulfide) groups is 1. The van der Waals surface area contributed by atoms with Crippen LogP contribution in [0, 0.1) is 11.8 Å². The zero-order valence-electron chi connectivity index (χ0n) is 11.3. The molecule has 5 heteroatoms. The van der Waals surface area contributed by atoms with Gasteiger partial charge in [0.15, 0.2) is 0 Å². The van der Waals surface area contributed by atoms with Crippen LogP contribution in [0.2, 0.25) is 0 Å². The summed E-state index contributed by atoms with van der Waals surface area (Å²) in [4.78, 5) is 26.3. The van der Waals surface area contributed by atoms with Crippen LogP contribution in [0.25, 0.3) is 0 Å². The molecule has 0 saturated carbocycles. The number of rotatable bonds is 3. The van der Waals surface area contributed by atoms with Gasteiger partial charge in [0.1, 0.15) is 0 Å². The summed E-state index contributed by atoms with van der Waals surface area (Å²) in [6.07, 6.45) is 0.787. The van der Waals surface area contributed by atoms with Crippen molar-refractivity contribution in [3.8, 4) is 0 Å². The number of likely N-dealkylation sites (tertiary alicyclic amines) is 1. The second-order valence-electron chi connectivity index (χ2n) is 5.55. The summed E-state index contributed by atoms with van der Waals surface area (Å²) in [7, 11) is 0. The quantitative estimate of drug-likeness (QED) is 0.924. The van der Waals surface area contributed by atoms with Gasteiger partial charge in [-0.05, 0) is 18.1 Å². The highest BCUT2D eigenvalue weighted by Gasteiger charge is 2.40. The average Bonchev–Trinajstić information content (AvgIpc) is 2.80. The first kappa shape index (κ1) is 13.5. The predicted octanol–water partition coefficient (Wildman–Crippen LogP) is 1.88. The van der Waals surface area contributed by atoms with Crippen molar-refractivity contribution in [3.63, 3.8) is 0 Å². The minimum atomic E-state index is -0.773. The van der Waals surface area contributed by atoms with E-state index in [0.29, 0.717) is 13.1 Å². The minimum absolute atomic E-state index is 0.0338. The summed E-state index contributed by atoms with van der Waals surface area (Å²) in [6.45, 7) is 2.88. The number of benzene rings is 1. The molecule has 4 nitrogen and oxygen atoms in total. The highest BCUT2D eigenvalue weighted by atomic mass is 32.2. The van der Waals surface area contributed by atoms with Crippen LogP contribution in [0.3, 0.4) is 0 Å². The summed E-state index contributed by atoms with van der Waals surface area (Å²) in [6, 6.07) is 8.12. The normalized spacial score (nSPS) is 23.1. The van der Waals surface area contributed by atoms with E-state index in [1.165, 1.54) is 10.5 Å². The van der Waals surface area contributed by atoms with Gasteiger partial charge >= 0.3 is 5.97 Å². The van der Waals surface area contributed by atoms with Crippen molar-refractivity contribution in [2.24, 2.45) is 11.8 Å². The van der Waals surface area contributed by atoms with Crippen molar-refractivity contribution in [1.82, 2.24) is 4.90 Å². The Bertz CT molecular complexity index is 529. The number of carboxylic acids is 1. The van der Waals surface area contributed by atoms with Gasteiger partial charge in [0.05, 0.1) is 11.2 Å². The molecular formula is C15H17NO3S. The first-order valence-corrected chi connectivity index (χ1v) is 7.70. The Morgan fingerprint density at radius 3 is 2.70 bits per heavy atom. The first-order valence-electron chi connectivity index (χ1n) is 6.82. The molecule has 0 aromatic heterocycles. The number of nitrogens with zero attached hydrogens (tertiary/aromatic N) is 1. The molecule has 1 fully saturated rings. The van der Waals surface area contributed by atoms with Gasteiger partial charge in [0, 0.05) is 23.9 Å². The molecule has 1 aromatic rings. The molecule has 1 saturated heterocycles. The lowest BCUT2D eigenvalue weighted by atomic mass is 9.87. The molecule has 20 heavy (non-hydrogen) atoms. The Hall–Kier alpha value is -1.49. The van der Waals surface area contributed by atoms with Crippen LogP contribution in [-0.2, 0) is 16.0 Å². The lowest BCUT2D eigenvalue weighted by molar-refractivity contribution is -0.150. The maximum absolute atomic E-state index is 12.4. The Kier molecular flexibility index (Phi) is 3.46. The third-order valence-electron chi connectivity index (χ3n) is 4.24. The predicted molar refractivity (Wildman–Crippen MR) is 76.7 cm³/mol. The number of carboxylic acid groups (broad SMARTS) is 1. The van der Waals surface area contributed by atoms with Crippen molar-refractivity contribution in [2.75, 3.05) is 13.1 Å². The van der Waals surface area contributed by atoms with Gasteiger partial charge < -0.3 is 10.0 Å². The van der Waals surface area contributed by atoms with Crippen LogP contribution in [0.15, 0.2) is 29.2 Å². The van der Waals surface area contributed by atoms with Gasteiger partial charge in [0.25, 0.3) is 0 Å². The summed E-state index contributed by atoms with van der Waals surface area (Å²) >= 11 is 1.63. The van der Waals surface area contributed by atoms with Gasteiger partial charge in [-0.3, -0.25) is 9.59 Å². The van der Waals surface area contributed by atoms with Gasteiger partial charge in [-0.2, -0.15) is 0 Å². The zero-order valence-corrected chi connectivity index (χ0v) is 12.1. The second-order valence-corrected chi connectivity index (χ2v) is 6.79. The molecule has 2 aliphatic heterocycles. The first-order chi connectivity index (χ1) is 9.56. The van der Waals surface area contributed by atoms with Gasteiger partial charge in [-0.25, -0.2) is 0 Å². The Morgan fingerprint density at radius 1 is 1.35 bits per heavy atom. The number of carbonyl (C=O) groups is 2. The lowest BCUT2D eigenvalue weighted by Crippen LogP contribution is -2.55. The van der Waals surface area contributed by atoms with Crippen LogP contribution in [0.5, 0.6) is 0 Å². The fourth-order valence-corrected chi connectivity index (χ4v) is 4.01. The van der Waals surface area contributed by atoms with Gasteiger partial charge in [-0.1, -0.05) is 25.1 Å². The number of carbonyl (C=O) groups excluding carboxylic acids is 1. The van der Waals surface area contributed by atoms with Crippen LogP contribution in [0.1, 0.15) is 12.5 Å². The van der Waals surface area contributed by atoms with Crippen molar-refractivity contribution in [2.45, 2.75) is 23.5 Å². The van der Waals surface area contributed by atoms with E-state index in [2.05, 4.69) is 12.1 Å². The molecule has 2 atom stereocenters. The van der Waals surface area contributed by atoms with E-state index >= 15 is 0 Å². The van der Waals surface area contributed by atoms with Gasteiger partial charge in [-0.15, -0.1) is 11.8 Å². The zero-order chi connectivity index (χ0) is 14.3. The van der Waals surface area contributed by atoms with Gasteiger partial charge in [0.2, 0.25) is 5.91 Å². The molecule has 0 aliphatic carbocycles. The van der Waals surface area contributed by atoms with Crippen LogP contribution >= 0.6 is 11.8 Å². The maximum Gasteiger partial charge on any atom is 0.306 e. The molecule has 0 spiro atoms. The highest BCUT2D eigenvalue weighted by molar-refractivity contribution is 8.01. The molecule has 1 aromatic carbocycles. The second kappa shape index (κ2) is 5.13. The molecule has 2 unspecified atom stereocenters. The monoisotopic (exact) mass is 291 g/mol. The Labute approximate surface area is 122 Å². The van der Waals surface area contributed by atoms with Crippen molar-refractivity contribution in [3.05, 3.63) is 29.8 Å². The number of fused-ring (bicyclic) bond motifs is 1. The average molecular weight is 291 g/mol. The van der Waals surface area contributed by atoms with E-state index in [1.54, 1.807) is 23.6 Å². The van der Waals surface area contributed by atoms with E-state index in [4.69, 9.17) is 5.11 Å². The molecule has 106 valence electrons. The fourth-order valence-electron chi connectivity index (χ4n) is 2.73. The molecule has 1 amide bonds. The summed E-state index contributed by atoms with van der Waals surface area (Å²) in [5, 5.41) is 8.93. The SMILES string of the molecule is CC(C(=O)O)C1CN(C(=O)C2Cc3ccccc3S2)C1. The van der Waals surface area contributed by atoms with Crippen molar-refractivity contribution < 1.29 is 14.7 Å². The molecule has 0 radical (unpaired) electrons. The molecule has 1 N–H and O–H groups in total. The molecular weight excluding hydrogens is 274 g/mol. The summed E-state index contributed by atoms with van der Waals surface area (Å²) in [5.41, 5.74) is 1.24. The smallest absolute Gasteiger partial charge is 0.306 e. The summed E-state index contributed by atoms with van der Waals surface area (Å²) in [5.74, 6) is -0.887.